The number of pyridine rings is 2. The predicted octanol–water partition coefficient (Wildman–Crippen LogP) is 13.9. The van der Waals surface area contributed by atoms with Gasteiger partial charge in [0.2, 0.25) is 0 Å². The summed E-state index contributed by atoms with van der Waals surface area (Å²) in [5, 5.41) is 11.6. The van der Waals surface area contributed by atoms with Gasteiger partial charge in [-0.15, -0.1) is 34.6 Å². The summed E-state index contributed by atoms with van der Waals surface area (Å²) in [7, 11) is -1.97. The molecule has 3 aliphatic rings. The molecule has 65 heavy (non-hydrogen) atoms. The average Bonchev–Trinajstić information content (AvgIpc) is 4.11. The molecule has 0 aromatic carbocycles. The fourth-order valence-corrected chi connectivity index (χ4v) is 10.5. The summed E-state index contributed by atoms with van der Waals surface area (Å²) >= 11 is 6.89. The van der Waals surface area contributed by atoms with E-state index in [2.05, 4.69) is 121 Å². The predicted molar refractivity (Wildman–Crippen MR) is 283 cm³/mol. The zero-order valence-electron chi connectivity index (χ0n) is 37.9. The van der Waals surface area contributed by atoms with Crippen molar-refractivity contribution in [2.75, 3.05) is 10.6 Å². The van der Waals surface area contributed by atoms with Gasteiger partial charge in [-0.05, 0) is 98.6 Å². The topological polar surface area (TPSA) is 120 Å². The van der Waals surface area contributed by atoms with Crippen molar-refractivity contribution in [3.05, 3.63) is 69.8 Å². The Morgan fingerprint density at radius 1 is 0.723 bits per heavy atom. The van der Waals surface area contributed by atoms with Crippen LogP contribution in [0.2, 0.25) is 18.1 Å². The lowest BCUT2D eigenvalue weighted by Gasteiger charge is -2.32. The zero-order chi connectivity index (χ0) is 45.0. The standard InChI is InChI=1S/C18H16N4S.C16H15BrN4S.C14H27BO2Si.2CH4/c1-2-12-11-23-16-15(12)21-17(13-7-9-19-10-8-13)22-18(16)20-14-5-3-4-6-14;17-12-9-22-14-13(12)20-15(10-5-7-18-8-6-10)21-16(14)19-11-3-1-2-4-11;1-12(2,3)18(8,9)11-10-15-16-13(4,5)14(6,7)17-15;;/h1,7-11,14H,3-6H2,(H,20,21,22);5-9,11H,1-4H2,(H,19,20,21);1-9H3;2*1H4. The molecule has 10 nitrogen and oxygen atoms in total. The molecular formula is C50H66BBrN8O2S2Si. The van der Waals surface area contributed by atoms with Gasteiger partial charge in [-0.1, -0.05) is 86.1 Å². The summed E-state index contributed by atoms with van der Waals surface area (Å²) < 4.78 is 15.0. The van der Waals surface area contributed by atoms with Gasteiger partial charge in [0.15, 0.2) is 11.6 Å². The van der Waals surface area contributed by atoms with Gasteiger partial charge in [0.1, 0.15) is 30.7 Å². The van der Waals surface area contributed by atoms with E-state index in [0.717, 1.165) is 59.1 Å². The second kappa shape index (κ2) is 21.6. The first kappa shape index (κ1) is 51.8. The first-order valence-electron chi connectivity index (χ1n) is 21.9. The van der Waals surface area contributed by atoms with Gasteiger partial charge in [0.25, 0.3) is 0 Å². The van der Waals surface area contributed by atoms with Gasteiger partial charge in [-0.25, -0.2) is 19.9 Å². The number of fused-ring (bicyclic) bond motifs is 2. The Morgan fingerprint density at radius 3 is 1.60 bits per heavy atom. The van der Waals surface area contributed by atoms with Crippen LogP contribution in [0.1, 0.15) is 120 Å². The van der Waals surface area contributed by atoms with Gasteiger partial charge < -0.3 is 19.9 Å². The van der Waals surface area contributed by atoms with E-state index in [9.17, 15) is 0 Å². The highest BCUT2D eigenvalue weighted by atomic mass is 79.9. The lowest BCUT2D eigenvalue weighted by molar-refractivity contribution is 0.00578. The summed E-state index contributed by atoms with van der Waals surface area (Å²) in [5.74, 6) is 9.23. The van der Waals surface area contributed by atoms with Crippen molar-refractivity contribution in [3.63, 3.8) is 0 Å². The van der Waals surface area contributed by atoms with Crippen LogP contribution in [0, 0.1) is 23.7 Å². The number of terminal acetylenes is 1. The van der Waals surface area contributed by atoms with E-state index in [4.69, 9.17) is 35.7 Å². The van der Waals surface area contributed by atoms with Gasteiger partial charge in [0, 0.05) is 58.8 Å². The molecule has 0 amide bonds. The van der Waals surface area contributed by atoms with Crippen LogP contribution in [0.25, 0.3) is 43.2 Å². The molecule has 6 aromatic heterocycles. The van der Waals surface area contributed by atoms with Gasteiger partial charge >= 0.3 is 7.12 Å². The van der Waals surface area contributed by atoms with Crippen molar-refractivity contribution in [2.24, 2.45) is 0 Å². The fourth-order valence-electron chi connectivity index (χ4n) is 7.22. The lowest BCUT2D eigenvalue weighted by atomic mass is 9.90. The average molecular weight is 994 g/mol. The van der Waals surface area contributed by atoms with Crippen molar-refractivity contribution < 1.29 is 9.31 Å². The first-order valence-corrected chi connectivity index (χ1v) is 27.4. The number of halogens is 1. The maximum absolute atomic E-state index is 5.90. The van der Waals surface area contributed by atoms with Crippen molar-refractivity contribution in [1.29, 1.82) is 0 Å². The van der Waals surface area contributed by atoms with Crippen molar-refractivity contribution >= 4 is 85.9 Å². The Kier molecular flexibility index (Phi) is 17.2. The summed E-state index contributed by atoms with van der Waals surface area (Å²) in [5.41, 5.74) is 7.48. The van der Waals surface area contributed by atoms with Crippen molar-refractivity contribution in [1.82, 2.24) is 29.9 Å². The smallest absolute Gasteiger partial charge is 0.392 e. The van der Waals surface area contributed by atoms with Crippen LogP contribution in [0.4, 0.5) is 11.6 Å². The normalized spacial score (nSPS) is 16.8. The molecule has 1 saturated heterocycles. The molecule has 0 unspecified atom stereocenters. The Bertz CT molecular complexity index is 2610. The highest BCUT2D eigenvalue weighted by Gasteiger charge is 2.51. The SMILES string of the molecule is Brc1csc2c(NC3CCCC3)nc(-c3ccncc3)nc12.C.C.C#Cc1csc2c(NC3CCCC3)nc(-c3ccncc3)nc12.CC1(C)OB(C#C[Si](C)(C)C(C)(C)C)OC1(C)C. The summed E-state index contributed by atoms with van der Waals surface area (Å²) in [6.45, 7) is 19.6. The Labute approximate surface area is 405 Å². The third-order valence-corrected chi connectivity index (χ3v) is 20.2. The maximum atomic E-state index is 5.90. The summed E-state index contributed by atoms with van der Waals surface area (Å²) in [4.78, 5) is 27.1. The number of nitrogens with one attached hydrogen (secondary N) is 2. The molecule has 2 aliphatic carbocycles. The Hall–Kier alpha value is -4.22. The quantitative estimate of drug-likeness (QED) is 0.123. The number of hydrogen-bond donors (Lipinski definition) is 2. The van der Waals surface area contributed by atoms with E-state index in [-0.39, 0.29) is 38.2 Å². The molecule has 2 N–H and O–H groups in total. The van der Waals surface area contributed by atoms with Crippen LogP contribution < -0.4 is 10.6 Å². The summed E-state index contributed by atoms with van der Waals surface area (Å²) in [6.07, 6.45) is 22.7. The molecule has 1 aliphatic heterocycles. The molecule has 0 radical (unpaired) electrons. The van der Waals surface area contributed by atoms with Crippen molar-refractivity contribution in [3.8, 4) is 46.5 Å². The summed E-state index contributed by atoms with van der Waals surface area (Å²) in [6, 6.07) is 8.76. The van der Waals surface area contributed by atoms with Crippen LogP contribution in [0.15, 0.2) is 64.3 Å². The molecule has 0 atom stereocenters. The first-order chi connectivity index (χ1) is 29.9. The fraction of sp³-hybridized carbons (Fsp3) is 0.480. The van der Waals surface area contributed by atoms with E-state index in [0.29, 0.717) is 17.9 Å². The molecule has 15 heteroatoms. The van der Waals surface area contributed by atoms with Crippen LogP contribution in [-0.2, 0) is 9.31 Å². The zero-order valence-corrected chi connectivity index (χ0v) is 42.2. The second-order valence-electron chi connectivity index (χ2n) is 19.0. The largest absolute Gasteiger partial charge is 0.550 e. The van der Waals surface area contributed by atoms with Gasteiger partial charge in [0.05, 0.1) is 30.6 Å². The molecule has 7 heterocycles. The van der Waals surface area contributed by atoms with Crippen molar-refractivity contribution in [2.45, 2.75) is 156 Å². The monoisotopic (exact) mass is 992 g/mol. The minimum Gasteiger partial charge on any atom is -0.392 e. The Morgan fingerprint density at radius 2 is 1.15 bits per heavy atom. The van der Waals surface area contributed by atoms with E-state index >= 15 is 0 Å². The van der Waals surface area contributed by atoms with Crippen LogP contribution in [0.5, 0.6) is 0 Å². The number of nitrogens with zero attached hydrogens (tertiary/aromatic N) is 6. The molecule has 6 aromatic rings. The van der Waals surface area contributed by atoms with E-state index in [1.807, 2.05) is 29.6 Å². The van der Waals surface area contributed by atoms with Gasteiger partial charge in [-0.2, -0.15) is 0 Å². The maximum Gasteiger partial charge on any atom is 0.550 e. The van der Waals surface area contributed by atoms with Crippen LogP contribution >= 0.6 is 38.6 Å². The minimum absolute atomic E-state index is 0. The van der Waals surface area contributed by atoms with Gasteiger partial charge in [-0.3, -0.25) is 9.97 Å². The van der Waals surface area contributed by atoms with E-state index in [1.54, 1.807) is 47.5 Å². The number of aromatic nitrogens is 6. The van der Waals surface area contributed by atoms with E-state index in [1.165, 1.54) is 51.4 Å². The molecular weight excluding hydrogens is 928 g/mol. The minimum atomic E-state index is -1.59. The third-order valence-electron chi connectivity index (χ3n) is 12.8. The lowest BCUT2D eigenvalue weighted by Crippen LogP contribution is -2.41. The second-order valence-corrected chi connectivity index (χ2v) is 26.6. The molecule has 0 spiro atoms. The number of anilines is 2. The number of rotatable bonds is 6. The molecule has 0 bridgehead atoms. The molecule has 344 valence electrons. The Balaban J connectivity index is 0.000000182. The highest BCUT2D eigenvalue weighted by molar-refractivity contribution is 9.10. The molecule has 2 saturated carbocycles. The molecule has 9 rings (SSSR count). The van der Waals surface area contributed by atoms with Crippen LogP contribution in [-0.4, -0.2) is 68.4 Å². The molecule has 3 fully saturated rings. The van der Waals surface area contributed by atoms with Crippen LogP contribution in [0.3, 0.4) is 0 Å². The van der Waals surface area contributed by atoms with E-state index < -0.39 is 8.07 Å². The number of thiophene rings is 2. The highest BCUT2D eigenvalue weighted by Crippen LogP contribution is 2.39. The third kappa shape index (κ3) is 12.2. The number of hydrogen-bond acceptors (Lipinski definition) is 12.